The number of hydrogen-bond acceptors (Lipinski definition) is 4. The summed E-state index contributed by atoms with van der Waals surface area (Å²) in [5.41, 5.74) is -0.243. The van der Waals surface area contributed by atoms with Gasteiger partial charge in [-0.15, -0.1) is 6.42 Å². The zero-order valence-electron chi connectivity index (χ0n) is 10.9. The molecule has 0 spiro atoms. The van der Waals surface area contributed by atoms with Crippen LogP contribution >= 0.6 is 11.9 Å². The van der Waals surface area contributed by atoms with Crippen LogP contribution in [-0.4, -0.2) is 36.2 Å². The van der Waals surface area contributed by atoms with Crippen molar-refractivity contribution in [2.75, 3.05) is 25.5 Å². The zero-order chi connectivity index (χ0) is 12.9. The Kier molecular flexibility index (Phi) is 14.6. The van der Waals surface area contributed by atoms with Crippen molar-refractivity contribution < 1.29 is 9.84 Å². The maximum Gasteiger partial charge on any atom is 0.0690 e. The van der Waals surface area contributed by atoms with Gasteiger partial charge in [0.1, 0.15) is 0 Å². The van der Waals surface area contributed by atoms with Crippen LogP contribution in [-0.2, 0) is 4.74 Å². The molecule has 16 heavy (non-hydrogen) atoms. The van der Waals surface area contributed by atoms with Gasteiger partial charge in [-0.2, -0.15) is 0 Å². The largest absolute Gasteiger partial charge is 0.396 e. The minimum absolute atomic E-state index is 0.159. The van der Waals surface area contributed by atoms with E-state index in [2.05, 4.69) is 10.6 Å². The average molecular weight is 247 g/mol. The van der Waals surface area contributed by atoms with E-state index in [0.29, 0.717) is 18.8 Å². The molecule has 0 aliphatic heterocycles. The second-order valence-corrected chi connectivity index (χ2v) is 4.33. The van der Waals surface area contributed by atoms with Crippen molar-refractivity contribution in [3.05, 3.63) is 0 Å². The van der Waals surface area contributed by atoms with E-state index in [1.807, 2.05) is 27.7 Å². The summed E-state index contributed by atoms with van der Waals surface area (Å²) < 4.78 is 8.65. The van der Waals surface area contributed by atoms with Crippen molar-refractivity contribution >= 4 is 11.9 Å². The number of ether oxygens (including phenoxy) is 1. The van der Waals surface area contributed by atoms with E-state index >= 15 is 0 Å². The number of aliphatic hydroxyl groups excluding tert-OH is 1. The lowest BCUT2D eigenvalue weighted by Gasteiger charge is -2.24. The Labute approximate surface area is 104 Å². The molecule has 3 nitrogen and oxygen atoms in total. The number of aliphatic hydroxyl groups is 1. The van der Waals surface area contributed by atoms with Crippen molar-refractivity contribution in [1.29, 1.82) is 0 Å². The lowest BCUT2D eigenvalue weighted by Crippen LogP contribution is -2.29. The molecule has 96 valence electrons. The van der Waals surface area contributed by atoms with Gasteiger partial charge in [-0.05, 0) is 20.3 Å². The van der Waals surface area contributed by atoms with Crippen LogP contribution in [0.2, 0.25) is 0 Å². The van der Waals surface area contributed by atoms with Gasteiger partial charge in [-0.1, -0.05) is 31.7 Å². The van der Waals surface area contributed by atoms with E-state index in [0.717, 1.165) is 6.54 Å². The first-order valence-electron chi connectivity index (χ1n) is 5.65. The van der Waals surface area contributed by atoms with Gasteiger partial charge in [-0.3, -0.25) is 4.72 Å². The Bertz CT molecular complexity index is 178. The van der Waals surface area contributed by atoms with E-state index < -0.39 is 0 Å². The van der Waals surface area contributed by atoms with Crippen LogP contribution in [0.5, 0.6) is 0 Å². The monoisotopic (exact) mass is 247 g/mol. The van der Waals surface area contributed by atoms with Crippen molar-refractivity contribution in [2.24, 2.45) is 0 Å². The Morgan fingerprint density at radius 2 is 2.06 bits per heavy atom. The van der Waals surface area contributed by atoms with E-state index in [9.17, 15) is 0 Å². The number of rotatable bonds is 8. The highest BCUT2D eigenvalue weighted by Gasteiger charge is 2.16. The number of hydrogen-bond donors (Lipinski definition) is 2. The van der Waals surface area contributed by atoms with Crippen LogP contribution in [0.4, 0.5) is 0 Å². The molecule has 0 heterocycles. The molecule has 0 aliphatic carbocycles. The first kappa shape index (κ1) is 18.2. The summed E-state index contributed by atoms with van der Waals surface area (Å²) in [6.45, 7) is 9.49. The Hall–Kier alpha value is -0.210. The second-order valence-electron chi connectivity index (χ2n) is 3.47. The van der Waals surface area contributed by atoms with Crippen LogP contribution in [0.3, 0.4) is 0 Å². The molecule has 4 heteroatoms. The van der Waals surface area contributed by atoms with Gasteiger partial charge < -0.3 is 9.84 Å². The van der Waals surface area contributed by atoms with Gasteiger partial charge in [-0.25, -0.2) is 0 Å². The minimum atomic E-state index is -0.243. The summed E-state index contributed by atoms with van der Waals surface area (Å²) in [4.78, 5) is 0. The van der Waals surface area contributed by atoms with Gasteiger partial charge in [0.15, 0.2) is 0 Å². The fraction of sp³-hybridized carbons (Fsp3) is 0.833. The van der Waals surface area contributed by atoms with Crippen molar-refractivity contribution in [3.8, 4) is 12.3 Å². The fourth-order valence-electron chi connectivity index (χ4n) is 0.875. The van der Waals surface area contributed by atoms with E-state index in [4.69, 9.17) is 16.3 Å². The first-order valence-corrected chi connectivity index (χ1v) is 6.64. The molecule has 0 atom stereocenters. The van der Waals surface area contributed by atoms with E-state index in [1.54, 1.807) is 0 Å². The van der Waals surface area contributed by atoms with Crippen LogP contribution in [0.15, 0.2) is 0 Å². The predicted octanol–water partition coefficient (Wildman–Crippen LogP) is 2.06. The van der Waals surface area contributed by atoms with Crippen molar-refractivity contribution in [2.45, 2.75) is 39.7 Å². The lowest BCUT2D eigenvalue weighted by atomic mass is 10.1. The van der Waals surface area contributed by atoms with Gasteiger partial charge in [0.25, 0.3) is 0 Å². The average Bonchev–Trinajstić information content (AvgIpc) is 2.26. The molecule has 0 aromatic carbocycles. The van der Waals surface area contributed by atoms with E-state index in [-0.39, 0.29) is 12.2 Å². The molecule has 2 N–H and O–H groups in total. The summed E-state index contributed by atoms with van der Waals surface area (Å²) >= 11 is 1.50. The Morgan fingerprint density at radius 1 is 1.44 bits per heavy atom. The normalized spacial score (nSPS) is 10.2. The fourth-order valence-corrected chi connectivity index (χ4v) is 1.29. The molecule has 0 amide bonds. The topological polar surface area (TPSA) is 41.5 Å². The summed E-state index contributed by atoms with van der Waals surface area (Å²) in [6.07, 6.45) is 5.74. The third-order valence-corrected chi connectivity index (χ3v) is 2.39. The lowest BCUT2D eigenvalue weighted by molar-refractivity contribution is -0.0293. The van der Waals surface area contributed by atoms with Gasteiger partial charge in [0, 0.05) is 13.2 Å². The van der Waals surface area contributed by atoms with Crippen LogP contribution in [0, 0.1) is 12.3 Å². The molecular weight excluding hydrogens is 222 g/mol. The van der Waals surface area contributed by atoms with Crippen molar-refractivity contribution in [3.63, 3.8) is 0 Å². The highest BCUT2D eigenvalue weighted by molar-refractivity contribution is 7.97. The number of nitrogens with one attached hydrogen (secondary N) is 1. The van der Waals surface area contributed by atoms with E-state index in [1.165, 1.54) is 11.9 Å². The maximum atomic E-state index is 8.75. The molecule has 0 aliphatic rings. The highest BCUT2D eigenvalue weighted by atomic mass is 32.2. The quantitative estimate of drug-likeness (QED) is 0.391. The summed E-state index contributed by atoms with van der Waals surface area (Å²) in [5, 5.41) is 8.75. The highest BCUT2D eigenvalue weighted by Crippen LogP contribution is 2.12. The van der Waals surface area contributed by atoms with Crippen LogP contribution in [0.1, 0.15) is 34.1 Å². The molecule has 0 unspecified atom stereocenters. The van der Waals surface area contributed by atoms with Crippen LogP contribution < -0.4 is 4.72 Å². The Balaban J connectivity index is 0. The maximum absolute atomic E-state index is 8.75. The standard InChI is InChI=1S/C10H19NO2S.C2H6/c1-4-9-14-11-6-8-13-10(2,3)5-7-12;1-2/h1,11-12H,5-9H2,2-3H3;1-2H3. The van der Waals surface area contributed by atoms with Crippen LogP contribution in [0.25, 0.3) is 0 Å². The molecular formula is C12H25NO2S. The smallest absolute Gasteiger partial charge is 0.0690 e. The van der Waals surface area contributed by atoms with Gasteiger partial charge >= 0.3 is 0 Å². The summed E-state index contributed by atoms with van der Waals surface area (Å²) in [7, 11) is 0. The molecule has 0 bridgehead atoms. The Morgan fingerprint density at radius 3 is 2.56 bits per heavy atom. The molecule has 0 rings (SSSR count). The first-order chi connectivity index (χ1) is 7.62. The number of terminal acetylenes is 1. The molecule has 0 fully saturated rings. The molecule has 0 radical (unpaired) electrons. The van der Waals surface area contributed by atoms with Gasteiger partial charge in [0.2, 0.25) is 0 Å². The summed E-state index contributed by atoms with van der Waals surface area (Å²) in [5.74, 6) is 3.19. The molecule has 0 saturated heterocycles. The predicted molar refractivity (Wildman–Crippen MR) is 72.4 cm³/mol. The SMILES string of the molecule is C#CCSNCCOC(C)(C)CCO.CC. The molecule has 0 aromatic heterocycles. The minimum Gasteiger partial charge on any atom is -0.396 e. The zero-order valence-corrected chi connectivity index (χ0v) is 11.7. The second kappa shape index (κ2) is 12.9. The summed E-state index contributed by atoms with van der Waals surface area (Å²) in [6, 6.07) is 0. The van der Waals surface area contributed by atoms with Gasteiger partial charge in [0.05, 0.1) is 18.0 Å². The molecule has 0 aromatic rings. The third-order valence-electron chi connectivity index (χ3n) is 1.67. The van der Waals surface area contributed by atoms with Crippen molar-refractivity contribution in [1.82, 2.24) is 4.72 Å². The third kappa shape index (κ3) is 13.8. The molecule has 0 saturated carbocycles.